The minimum absolute atomic E-state index is 0.0406. The van der Waals surface area contributed by atoms with Gasteiger partial charge < -0.3 is 10.2 Å². The number of hydrogen-bond acceptors (Lipinski definition) is 2. The van der Waals surface area contributed by atoms with E-state index in [1.165, 1.54) is 0 Å². The van der Waals surface area contributed by atoms with Gasteiger partial charge >= 0.3 is 0 Å². The monoisotopic (exact) mass is 151 g/mol. The lowest BCUT2D eigenvalue weighted by Gasteiger charge is -2.03. The van der Waals surface area contributed by atoms with Crippen LogP contribution in [0.25, 0.3) is 0 Å². The van der Waals surface area contributed by atoms with E-state index in [-0.39, 0.29) is 6.04 Å². The molecule has 0 amide bonds. The third-order valence-electron chi connectivity index (χ3n) is 1.55. The van der Waals surface area contributed by atoms with Gasteiger partial charge in [0, 0.05) is 0 Å². The van der Waals surface area contributed by atoms with Crippen molar-refractivity contribution in [3.63, 3.8) is 0 Å². The summed E-state index contributed by atoms with van der Waals surface area (Å²) in [4.78, 5) is 0. The van der Waals surface area contributed by atoms with Gasteiger partial charge in [-0.3, -0.25) is 0 Å². The molecule has 0 aliphatic rings. The van der Waals surface area contributed by atoms with Gasteiger partial charge in [-0.15, -0.1) is 6.58 Å². The highest BCUT2D eigenvalue weighted by Crippen LogP contribution is 2.16. The summed E-state index contributed by atoms with van der Waals surface area (Å²) in [7, 11) is 0. The molecule has 2 nitrogen and oxygen atoms in total. The van der Waals surface area contributed by atoms with Crippen LogP contribution < -0.4 is 5.73 Å². The van der Waals surface area contributed by atoms with E-state index in [1.54, 1.807) is 6.08 Å². The number of rotatable bonds is 3. The van der Waals surface area contributed by atoms with Gasteiger partial charge in [0.1, 0.15) is 11.5 Å². The molecule has 60 valence electrons. The second-order valence-corrected chi connectivity index (χ2v) is 2.58. The number of hydrogen-bond donors (Lipinski definition) is 1. The van der Waals surface area contributed by atoms with Gasteiger partial charge in [-0.25, -0.2) is 0 Å². The highest BCUT2D eigenvalue weighted by Gasteiger charge is 2.06. The molecule has 0 bridgehead atoms. The van der Waals surface area contributed by atoms with Crippen molar-refractivity contribution in [1.29, 1.82) is 0 Å². The van der Waals surface area contributed by atoms with Crippen LogP contribution in [0.3, 0.4) is 0 Å². The van der Waals surface area contributed by atoms with Crippen LogP contribution in [0.5, 0.6) is 0 Å². The molecule has 0 aliphatic heterocycles. The zero-order chi connectivity index (χ0) is 8.27. The fourth-order valence-electron chi connectivity index (χ4n) is 0.948. The molecular weight excluding hydrogens is 138 g/mol. The minimum Gasteiger partial charge on any atom is -0.465 e. The van der Waals surface area contributed by atoms with Gasteiger partial charge in [-0.1, -0.05) is 6.08 Å². The molecule has 1 heterocycles. The lowest BCUT2D eigenvalue weighted by molar-refractivity contribution is 0.447. The van der Waals surface area contributed by atoms with Crippen LogP contribution in [-0.2, 0) is 0 Å². The van der Waals surface area contributed by atoms with Crippen LogP contribution >= 0.6 is 0 Å². The first-order valence-corrected chi connectivity index (χ1v) is 3.67. The van der Waals surface area contributed by atoms with E-state index < -0.39 is 0 Å². The Morgan fingerprint density at radius 3 is 2.91 bits per heavy atom. The summed E-state index contributed by atoms with van der Waals surface area (Å²) >= 11 is 0. The van der Waals surface area contributed by atoms with E-state index in [0.717, 1.165) is 17.9 Å². The highest BCUT2D eigenvalue weighted by atomic mass is 16.3. The SMILES string of the molecule is C=CC[C@@H](N)c1ccc(C)o1. The Bertz CT molecular complexity index is 239. The molecule has 0 radical (unpaired) electrons. The molecule has 1 atom stereocenters. The summed E-state index contributed by atoms with van der Waals surface area (Å²) in [5.74, 6) is 1.74. The maximum atomic E-state index is 5.75. The zero-order valence-corrected chi connectivity index (χ0v) is 6.71. The van der Waals surface area contributed by atoms with Crippen LogP contribution in [0.15, 0.2) is 29.2 Å². The van der Waals surface area contributed by atoms with E-state index in [2.05, 4.69) is 6.58 Å². The fraction of sp³-hybridized carbons (Fsp3) is 0.333. The van der Waals surface area contributed by atoms with E-state index in [0.29, 0.717) is 0 Å². The van der Waals surface area contributed by atoms with E-state index in [9.17, 15) is 0 Å². The molecule has 0 saturated heterocycles. The Hall–Kier alpha value is -1.02. The van der Waals surface area contributed by atoms with Gasteiger partial charge in [0.05, 0.1) is 6.04 Å². The second-order valence-electron chi connectivity index (χ2n) is 2.58. The molecule has 2 N–H and O–H groups in total. The molecule has 11 heavy (non-hydrogen) atoms. The largest absolute Gasteiger partial charge is 0.465 e. The maximum Gasteiger partial charge on any atom is 0.121 e. The molecule has 1 aromatic rings. The zero-order valence-electron chi connectivity index (χ0n) is 6.71. The first kappa shape index (κ1) is 8.08. The van der Waals surface area contributed by atoms with Crippen LogP contribution in [-0.4, -0.2) is 0 Å². The average Bonchev–Trinajstić information content (AvgIpc) is 2.36. The van der Waals surface area contributed by atoms with Crippen molar-refractivity contribution in [2.45, 2.75) is 19.4 Å². The van der Waals surface area contributed by atoms with Crippen molar-refractivity contribution < 1.29 is 4.42 Å². The van der Waals surface area contributed by atoms with Gasteiger partial charge in [-0.05, 0) is 25.5 Å². The molecule has 2 heteroatoms. The molecule has 0 saturated carbocycles. The third kappa shape index (κ3) is 1.95. The molecule has 0 fully saturated rings. The van der Waals surface area contributed by atoms with Gasteiger partial charge in [0.15, 0.2) is 0 Å². The van der Waals surface area contributed by atoms with E-state index in [1.807, 2.05) is 19.1 Å². The van der Waals surface area contributed by atoms with Crippen molar-refractivity contribution >= 4 is 0 Å². The predicted octanol–water partition coefficient (Wildman–Crippen LogP) is 2.16. The highest BCUT2D eigenvalue weighted by molar-refractivity contribution is 5.09. The van der Waals surface area contributed by atoms with Crippen molar-refractivity contribution in [1.82, 2.24) is 0 Å². The fourth-order valence-corrected chi connectivity index (χ4v) is 0.948. The lowest BCUT2D eigenvalue weighted by atomic mass is 10.2. The van der Waals surface area contributed by atoms with Gasteiger partial charge in [0.2, 0.25) is 0 Å². The van der Waals surface area contributed by atoms with Crippen molar-refractivity contribution in [2.24, 2.45) is 5.73 Å². The van der Waals surface area contributed by atoms with E-state index >= 15 is 0 Å². The van der Waals surface area contributed by atoms with Gasteiger partial charge in [-0.2, -0.15) is 0 Å². The molecule has 0 unspecified atom stereocenters. The third-order valence-corrected chi connectivity index (χ3v) is 1.55. The molecule has 1 rings (SSSR count). The smallest absolute Gasteiger partial charge is 0.121 e. The minimum atomic E-state index is -0.0406. The summed E-state index contributed by atoms with van der Waals surface area (Å²) in [5.41, 5.74) is 5.75. The van der Waals surface area contributed by atoms with Crippen molar-refractivity contribution in [2.75, 3.05) is 0 Å². The summed E-state index contributed by atoms with van der Waals surface area (Å²) in [6, 6.07) is 3.78. The quantitative estimate of drug-likeness (QED) is 0.672. The van der Waals surface area contributed by atoms with Crippen molar-refractivity contribution in [3.05, 3.63) is 36.3 Å². The average molecular weight is 151 g/mol. The number of furan rings is 1. The molecule has 0 aromatic carbocycles. The standard InChI is InChI=1S/C9H13NO/c1-3-4-8(10)9-6-5-7(2)11-9/h3,5-6,8H,1,4,10H2,2H3/t8-/m1/s1. The normalized spacial score (nSPS) is 12.9. The van der Waals surface area contributed by atoms with E-state index in [4.69, 9.17) is 10.2 Å². The van der Waals surface area contributed by atoms with Crippen molar-refractivity contribution in [3.8, 4) is 0 Å². The summed E-state index contributed by atoms with van der Waals surface area (Å²) in [5, 5.41) is 0. The molecular formula is C9H13NO. The number of nitrogens with two attached hydrogens (primary N) is 1. The first-order valence-electron chi connectivity index (χ1n) is 3.67. The number of aryl methyl sites for hydroxylation is 1. The van der Waals surface area contributed by atoms with Crippen LogP contribution in [0, 0.1) is 6.92 Å². The van der Waals surface area contributed by atoms with Crippen LogP contribution in [0.1, 0.15) is 24.0 Å². The Labute approximate surface area is 66.7 Å². The Morgan fingerprint density at radius 1 is 1.73 bits per heavy atom. The molecule has 0 aliphatic carbocycles. The molecule has 1 aromatic heterocycles. The van der Waals surface area contributed by atoms with Crippen LogP contribution in [0.2, 0.25) is 0 Å². The summed E-state index contributed by atoms with van der Waals surface area (Å²) in [6.07, 6.45) is 2.55. The first-order chi connectivity index (χ1) is 5.24. The molecule has 0 spiro atoms. The second kappa shape index (κ2) is 3.39. The Balaban J connectivity index is 2.67. The van der Waals surface area contributed by atoms with Crippen LogP contribution in [0.4, 0.5) is 0 Å². The maximum absolute atomic E-state index is 5.75. The summed E-state index contributed by atoms with van der Waals surface area (Å²) in [6.45, 7) is 5.52. The van der Waals surface area contributed by atoms with Gasteiger partial charge in [0.25, 0.3) is 0 Å². The lowest BCUT2D eigenvalue weighted by Crippen LogP contribution is -2.07. The topological polar surface area (TPSA) is 39.2 Å². The predicted molar refractivity (Wildman–Crippen MR) is 45.2 cm³/mol. The Kier molecular flexibility index (Phi) is 2.49. The summed E-state index contributed by atoms with van der Waals surface area (Å²) < 4.78 is 5.33. The Morgan fingerprint density at radius 2 is 2.45 bits per heavy atom.